The van der Waals surface area contributed by atoms with Gasteiger partial charge in [-0.1, -0.05) is 0 Å². The molecule has 18 heavy (non-hydrogen) atoms. The lowest BCUT2D eigenvalue weighted by Crippen LogP contribution is -2.45. The third kappa shape index (κ3) is 2.56. The number of carbonyl (C=O) groups is 1. The third-order valence-electron chi connectivity index (χ3n) is 2.65. The number of nitrogens with zero attached hydrogens (tertiary/aromatic N) is 3. The Morgan fingerprint density at radius 3 is 3.28 bits per heavy atom. The number of nitrogen functional groups attached to an aromatic ring is 1. The Labute approximate surface area is 104 Å². The summed E-state index contributed by atoms with van der Waals surface area (Å²) >= 11 is 0. The fourth-order valence-corrected chi connectivity index (χ4v) is 1.74. The number of morpholine rings is 1. The minimum absolute atomic E-state index is 0.155. The highest BCUT2D eigenvalue weighted by Crippen LogP contribution is 2.12. The molecule has 1 atom stereocenters. The molecule has 1 aliphatic rings. The van der Waals surface area contributed by atoms with E-state index in [-0.39, 0.29) is 12.5 Å². The number of nitrogens with one attached hydrogen (secondary N) is 1. The van der Waals surface area contributed by atoms with Gasteiger partial charge >= 0.3 is 0 Å². The van der Waals surface area contributed by atoms with E-state index in [1.807, 2.05) is 6.07 Å². The summed E-state index contributed by atoms with van der Waals surface area (Å²) in [6.45, 7) is 1.13. The van der Waals surface area contributed by atoms with Gasteiger partial charge in [-0.05, 0) is 12.1 Å². The first-order chi connectivity index (χ1) is 8.74. The third-order valence-corrected chi connectivity index (χ3v) is 2.65. The summed E-state index contributed by atoms with van der Waals surface area (Å²) < 4.78 is 5.19. The van der Waals surface area contributed by atoms with Gasteiger partial charge in [0.05, 0.1) is 19.2 Å². The van der Waals surface area contributed by atoms with Crippen molar-refractivity contribution in [2.75, 3.05) is 25.1 Å². The monoisotopic (exact) mass is 247 g/mol. The summed E-state index contributed by atoms with van der Waals surface area (Å²) in [7, 11) is 0. The van der Waals surface area contributed by atoms with Gasteiger partial charge in [0.2, 0.25) is 0 Å². The van der Waals surface area contributed by atoms with Crippen LogP contribution in [0.5, 0.6) is 0 Å². The highest BCUT2D eigenvalue weighted by atomic mass is 16.5. The zero-order chi connectivity index (χ0) is 13.0. The van der Waals surface area contributed by atoms with Gasteiger partial charge in [-0.3, -0.25) is 4.79 Å². The molecule has 1 aromatic rings. The molecule has 1 unspecified atom stereocenters. The molecule has 2 heterocycles. The molecule has 1 fully saturated rings. The lowest BCUT2D eigenvalue weighted by Gasteiger charge is -2.29. The molecule has 1 amide bonds. The van der Waals surface area contributed by atoms with Crippen molar-refractivity contribution in [3.05, 3.63) is 23.9 Å². The summed E-state index contributed by atoms with van der Waals surface area (Å²) in [6, 6.07) is 5.18. The second kappa shape index (κ2) is 5.44. The number of hydrogen-bond donors (Lipinski definition) is 2. The first-order valence-corrected chi connectivity index (χ1v) is 5.47. The van der Waals surface area contributed by atoms with Crippen molar-refractivity contribution >= 4 is 11.7 Å². The second-order valence-corrected chi connectivity index (χ2v) is 3.81. The Morgan fingerprint density at radius 2 is 2.56 bits per heavy atom. The highest BCUT2D eigenvalue weighted by molar-refractivity contribution is 5.94. The van der Waals surface area contributed by atoms with E-state index in [2.05, 4.69) is 10.4 Å². The molecule has 0 radical (unpaired) electrons. The van der Waals surface area contributed by atoms with Crippen molar-refractivity contribution in [1.82, 2.24) is 9.88 Å². The van der Waals surface area contributed by atoms with E-state index in [1.165, 1.54) is 6.20 Å². The van der Waals surface area contributed by atoms with E-state index in [9.17, 15) is 4.79 Å². The Kier molecular flexibility index (Phi) is 3.72. The number of ether oxygens (including phenoxy) is 1. The van der Waals surface area contributed by atoms with Gasteiger partial charge in [0.25, 0.3) is 5.91 Å². The Morgan fingerprint density at radius 1 is 1.72 bits per heavy atom. The van der Waals surface area contributed by atoms with Crippen molar-refractivity contribution < 1.29 is 9.53 Å². The maximum absolute atomic E-state index is 12.2. The van der Waals surface area contributed by atoms with Crippen LogP contribution in [0.3, 0.4) is 0 Å². The number of anilines is 1. The van der Waals surface area contributed by atoms with E-state index >= 15 is 0 Å². The smallest absolute Gasteiger partial charge is 0.254 e. The lowest BCUT2D eigenvalue weighted by atomic mass is 10.2. The maximum Gasteiger partial charge on any atom is 0.254 e. The standard InChI is InChI=1S/C11H13N5O2/c12-6-9-7-16(3-4-18-9)11(17)8-1-2-14-10(5-8)15-13/h1-2,5,9H,3-4,7,13H2,(H,14,15). The summed E-state index contributed by atoms with van der Waals surface area (Å²) in [4.78, 5) is 17.7. The summed E-state index contributed by atoms with van der Waals surface area (Å²) in [5, 5.41) is 8.79. The molecule has 2 rings (SSSR count). The van der Waals surface area contributed by atoms with E-state index in [0.717, 1.165) is 0 Å². The zero-order valence-corrected chi connectivity index (χ0v) is 9.67. The van der Waals surface area contributed by atoms with E-state index in [0.29, 0.717) is 24.5 Å². The number of pyridine rings is 1. The Balaban J connectivity index is 2.13. The van der Waals surface area contributed by atoms with Gasteiger partial charge in [-0.15, -0.1) is 0 Å². The van der Waals surface area contributed by atoms with Gasteiger partial charge in [0.1, 0.15) is 5.82 Å². The molecule has 1 aliphatic heterocycles. The quantitative estimate of drug-likeness (QED) is 0.550. The van der Waals surface area contributed by atoms with Crippen LogP contribution >= 0.6 is 0 Å². The SMILES string of the molecule is N#CC1CN(C(=O)c2ccnc(NN)c2)CCO1. The minimum atomic E-state index is -0.559. The molecule has 1 saturated heterocycles. The lowest BCUT2D eigenvalue weighted by molar-refractivity contribution is 0.00346. The minimum Gasteiger partial charge on any atom is -0.360 e. The van der Waals surface area contributed by atoms with Crippen molar-refractivity contribution in [1.29, 1.82) is 5.26 Å². The van der Waals surface area contributed by atoms with Gasteiger partial charge < -0.3 is 15.1 Å². The number of hydrazine groups is 1. The molecule has 7 heteroatoms. The molecular formula is C11H13N5O2. The fourth-order valence-electron chi connectivity index (χ4n) is 1.74. The molecule has 0 aromatic carbocycles. The molecule has 0 saturated carbocycles. The Hall–Kier alpha value is -2.17. The van der Waals surface area contributed by atoms with Crippen LogP contribution in [0.15, 0.2) is 18.3 Å². The molecular weight excluding hydrogens is 234 g/mol. The van der Waals surface area contributed by atoms with E-state index in [1.54, 1.807) is 17.0 Å². The number of nitriles is 1. The number of hydrogen-bond acceptors (Lipinski definition) is 6. The summed E-state index contributed by atoms with van der Waals surface area (Å²) in [6.07, 6.45) is 0.946. The average molecular weight is 247 g/mol. The summed E-state index contributed by atoms with van der Waals surface area (Å²) in [5.74, 6) is 5.51. The molecule has 3 N–H and O–H groups in total. The Bertz CT molecular complexity index is 485. The maximum atomic E-state index is 12.2. The summed E-state index contributed by atoms with van der Waals surface area (Å²) in [5.41, 5.74) is 2.87. The molecule has 1 aromatic heterocycles. The average Bonchev–Trinajstić information content (AvgIpc) is 2.46. The van der Waals surface area contributed by atoms with Crippen LogP contribution in [-0.2, 0) is 4.74 Å². The van der Waals surface area contributed by atoms with Crippen LogP contribution in [0, 0.1) is 11.3 Å². The first-order valence-electron chi connectivity index (χ1n) is 5.47. The topological polar surface area (TPSA) is 104 Å². The van der Waals surface area contributed by atoms with Gasteiger partial charge in [-0.2, -0.15) is 5.26 Å². The van der Waals surface area contributed by atoms with E-state index in [4.69, 9.17) is 15.8 Å². The van der Waals surface area contributed by atoms with Crippen molar-refractivity contribution in [3.63, 3.8) is 0 Å². The van der Waals surface area contributed by atoms with Crippen molar-refractivity contribution in [3.8, 4) is 6.07 Å². The van der Waals surface area contributed by atoms with Gasteiger partial charge in [-0.25, -0.2) is 10.8 Å². The predicted octanol–water partition coefficient (Wildman–Crippen LogP) is -0.268. The van der Waals surface area contributed by atoms with Crippen LogP contribution < -0.4 is 11.3 Å². The molecule has 0 aliphatic carbocycles. The van der Waals surface area contributed by atoms with Crippen LogP contribution in [0.4, 0.5) is 5.82 Å². The molecule has 0 bridgehead atoms. The number of rotatable bonds is 2. The van der Waals surface area contributed by atoms with Crippen molar-refractivity contribution in [2.45, 2.75) is 6.10 Å². The normalized spacial score (nSPS) is 19.1. The highest BCUT2D eigenvalue weighted by Gasteiger charge is 2.24. The second-order valence-electron chi connectivity index (χ2n) is 3.81. The molecule has 0 spiro atoms. The number of carbonyl (C=O) groups excluding carboxylic acids is 1. The van der Waals surface area contributed by atoms with Gasteiger partial charge in [0, 0.05) is 18.3 Å². The molecule has 94 valence electrons. The number of amides is 1. The van der Waals surface area contributed by atoms with E-state index < -0.39 is 6.10 Å². The van der Waals surface area contributed by atoms with Gasteiger partial charge in [0.15, 0.2) is 6.10 Å². The molecule has 7 nitrogen and oxygen atoms in total. The first kappa shape index (κ1) is 12.3. The van der Waals surface area contributed by atoms with Crippen LogP contribution in [0.1, 0.15) is 10.4 Å². The zero-order valence-electron chi connectivity index (χ0n) is 9.67. The predicted molar refractivity (Wildman–Crippen MR) is 63.3 cm³/mol. The van der Waals surface area contributed by atoms with Crippen LogP contribution in [-0.4, -0.2) is 41.6 Å². The largest absolute Gasteiger partial charge is 0.360 e. The number of aromatic nitrogens is 1. The number of nitrogens with two attached hydrogens (primary N) is 1. The van der Waals surface area contributed by atoms with Crippen LogP contribution in [0.25, 0.3) is 0 Å². The van der Waals surface area contributed by atoms with Crippen LogP contribution in [0.2, 0.25) is 0 Å². The van der Waals surface area contributed by atoms with Crippen molar-refractivity contribution in [2.24, 2.45) is 5.84 Å². The fraction of sp³-hybridized carbons (Fsp3) is 0.364.